The van der Waals surface area contributed by atoms with Gasteiger partial charge in [0.05, 0.1) is 27.6 Å². The topological polar surface area (TPSA) is 171 Å². The number of nitrogens with zero attached hydrogens (tertiary/aromatic N) is 4. The third-order valence-corrected chi connectivity index (χ3v) is 5.04. The zero-order valence-corrected chi connectivity index (χ0v) is 17.0. The monoisotopic (exact) mass is 445 g/mol. The van der Waals surface area contributed by atoms with Crippen LogP contribution in [0.15, 0.2) is 30.3 Å². The molecule has 1 aliphatic rings. The predicted octanol–water partition coefficient (Wildman–Crippen LogP) is 3.66. The van der Waals surface area contributed by atoms with Gasteiger partial charge in [0.2, 0.25) is 0 Å². The lowest BCUT2D eigenvalue weighted by atomic mass is 10.1. The lowest BCUT2D eigenvalue weighted by molar-refractivity contribution is -0.395. The Morgan fingerprint density at radius 1 is 0.906 bits per heavy atom. The minimum Gasteiger partial charge on any atom is -0.485 e. The van der Waals surface area contributed by atoms with E-state index < -0.39 is 37.8 Å². The van der Waals surface area contributed by atoms with Crippen molar-refractivity contribution in [2.24, 2.45) is 0 Å². The third-order valence-electron chi connectivity index (χ3n) is 5.04. The molecule has 0 bridgehead atoms. The minimum atomic E-state index is -0.875. The van der Waals surface area contributed by atoms with E-state index in [1.165, 1.54) is 12.1 Å². The number of carbonyl (C=O) groups is 1. The SMILES string of the molecule is COc1c([N+](=O)[O-])cc(NC(=O)c2ccc(N3CCCCC3)c([N+](=O)[O-])c2)cc1[N+](=O)[O-]. The number of nitro groups is 3. The second kappa shape index (κ2) is 9.24. The first kappa shape index (κ1) is 22.4. The summed E-state index contributed by atoms with van der Waals surface area (Å²) >= 11 is 0. The highest BCUT2D eigenvalue weighted by molar-refractivity contribution is 6.05. The predicted molar refractivity (Wildman–Crippen MR) is 113 cm³/mol. The van der Waals surface area contributed by atoms with Gasteiger partial charge in [-0.25, -0.2) is 0 Å². The molecule has 32 heavy (non-hydrogen) atoms. The van der Waals surface area contributed by atoms with Crippen molar-refractivity contribution in [2.45, 2.75) is 19.3 Å². The van der Waals surface area contributed by atoms with E-state index in [0.717, 1.165) is 44.6 Å². The molecular weight excluding hydrogens is 426 g/mol. The van der Waals surface area contributed by atoms with Crippen molar-refractivity contribution < 1.29 is 24.3 Å². The summed E-state index contributed by atoms with van der Waals surface area (Å²) in [4.78, 5) is 46.4. The Morgan fingerprint density at radius 3 is 1.97 bits per heavy atom. The van der Waals surface area contributed by atoms with Crippen LogP contribution in [-0.2, 0) is 0 Å². The summed E-state index contributed by atoms with van der Waals surface area (Å²) in [5, 5.41) is 36.5. The summed E-state index contributed by atoms with van der Waals surface area (Å²) in [6.45, 7) is 1.34. The van der Waals surface area contributed by atoms with Crippen LogP contribution in [0.4, 0.5) is 28.4 Å². The number of anilines is 2. The third kappa shape index (κ3) is 4.55. The summed E-state index contributed by atoms with van der Waals surface area (Å²) < 4.78 is 4.78. The summed E-state index contributed by atoms with van der Waals surface area (Å²) in [6, 6.07) is 5.84. The van der Waals surface area contributed by atoms with Gasteiger partial charge in [-0.2, -0.15) is 0 Å². The van der Waals surface area contributed by atoms with Crippen LogP contribution in [0.1, 0.15) is 29.6 Å². The van der Waals surface area contributed by atoms with E-state index in [2.05, 4.69) is 5.32 Å². The molecular formula is C19H19N5O8. The maximum atomic E-state index is 12.7. The molecule has 13 nitrogen and oxygen atoms in total. The average Bonchev–Trinajstić information content (AvgIpc) is 2.78. The number of nitrogens with one attached hydrogen (secondary N) is 1. The van der Waals surface area contributed by atoms with Crippen LogP contribution in [0.2, 0.25) is 0 Å². The van der Waals surface area contributed by atoms with E-state index in [9.17, 15) is 35.1 Å². The fraction of sp³-hybridized carbons (Fsp3) is 0.316. The molecule has 1 amide bonds. The van der Waals surface area contributed by atoms with Crippen molar-refractivity contribution in [3.05, 3.63) is 66.2 Å². The zero-order chi connectivity index (χ0) is 23.4. The molecule has 1 saturated heterocycles. The molecule has 0 aliphatic carbocycles. The van der Waals surface area contributed by atoms with E-state index >= 15 is 0 Å². The second-order valence-corrected chi connectivity index (χ2v) is 7.02. The first-order valence-corrected chi connectivity index (χ1v) is 9.58. The fourth-order valence-corrected chi connectivity index (χ4v) is 3.57. The minimum absolute atomic E-state index is 0.0708. The number of hydrogen-bond acceptors (Lipinski definition) is 9. The van der Waals surface area contributed by atoms with Gasteiger partial charge in [-0.15, -0.1) is 0 Å². The molecule has 0 aromatic heterocycles. The molecule has 1 aliphatic heterocycles. The van der Waals surface area contributed by atoms with Crippen LogP contribution in [0, 0.1) is 30.3 Å². The molecule has 13 heteroatoms. The maximum Gasteiger partial charge on any atom is 0.320 e. The normalized spacial score (nSPS) is 13.3. The largest absolute Gasteiger partial charge is 0.485 e. The van der Waals surface area contributed by atoms with Gasteiger partial charge in [-0.3, -0.25) is 35.1 Å². The van der Waals surface area contributed by atoms with Crippen LogP contribution in [-0.4, -0.2) is 40.9 Å². The summed E-state index contributed by atoms with van der Waals surface area (Å²) in [7, 11) is 1.05. The standard InChI is InChI=1S/C19H19N5O8/c1-32-18-16(23(28)29)10-13(11-17(18)24(30)31)20-19(25)12-5-6-14(15(9-12)22(26)27)21-7-3-2-4-8-21/h5-6,9-11H,2-4,7-8H2,1H3,(H,20,25). The number of hydrogen-bond donors (Lipinski definition) is 1. The van der Waals surface area contributed by atoms with Crippen molar-refractivity contribution in [2.75, 3.05) is 30.4 Å². The van der Waals surface area contributed by atoms with Crippen LogP contribution in [0.25, 0.3) is 0 Å². The highest BCUT2D eigenvalue weighted by atomic mass is 16.6. The molecule has 0 spiro atoms. The van der Waals surface area contributed by atoms with Gasteiger partial charge in [0, 0.05) is 36.9 Å². The number of piperidine rings is 1. The van der Waals surface area contributed by atoms with E-state index in [-0.39, 0.29) is 16.9 Å². The van der Waals surface area contributed by atoms with Crippen LogP contribution < -0.4 is 15.0 Å². The number of methoxy groups -OCH3 is 1. The smallest absolute Gasteiger partial charge is 0.320 e. The zero-order valence-electron chi connectivity index (χ0n) is 17.0. The van der Waals surface area contributed by atoms with Crippen molar-refractivity contribution >= 4 is 34.3 Å². The molecule has 0 unspecified atom stereocenters. The molecule has 2 aromatic rings. The number of rotatable bonds is 7. The number of benzene rings is 2. The average molecular weight is 445 g/mol. The molecule has 1 heterocycles. The Morgan fingerprint density at radius 2 is 1.47 bits per heavy atom. The number of nitro benzene ring substituents is 3. The van der Waals surface area contributed by atoms with Crippen molar-refractivity contribution in [1.29, 1.82) is 0 Å². The first-order chi connectivity index (χ1) is 15.2. The number of ether oxygens (including phenoxy) is 1. The number of carbonyl (C=O) groups excluding carboxylic acids is 1. The Hall–Kier alpha value is -4.29. The van der Waals surface area contributed by atoms with E-state index in [1.54, 1.807) is 0 Å². The van der Waals surface area contributed by atoms with Gasteiger partial charge in [0.1, 0.15) is 5.69 Å². The van der Waals surface area contributed by atoms with Crippen molar-refractivity contribution in [3.8, 4) is 5.75 Å². The van der Waals surface area contributed by atoms with Gasteiger partial charge in [-0.05, 0) is 31.4 Å². The second-order valence-electron chi connectivity index (χ2n) is 7.02. The van der Waals surface area contributed by atoms with E-state index in [1.807, 2.05) is 4.90 Å². The summed E-state index contributed by atoms with van der Waals surface area (Å²) in [5.41, 5.74) is -1.55. The Balaban J connectivity index is 1.95. The van der Waals surface area contributed by atoms with Gasteiger partial charge >= 0.3 is 11.4 Å². The van der Waals surface area contributed by atoms with E-state index in [0.29, 0.717) is 18.8 Å². The molecule has 0 atom stereocenters. The van der Waals surface area contributed by atoms with Crippen molar-refractivity contribution in [1.82, 2.24) is 0 Å². The molecule has 168 valence electrons. The molecule has 1 N–H and O–H groups in total. The molecule has 0 saturated carbocycles. The van der Waals surface area contributed by atoms with Crippen LogP contribution in [0.5, 0.6) is 5.75 Å². The van der Waals surface area contributed by atoms with Gasteiger partial charge < -0.3 is 15.0 Å². The highest BCUT2D eigenvalue weighted by Gasteiger charge is 2.29. The fourth-order valence-electron chi connectivity index (χ4n) is 3.57. The number of amides is 1. The molecule has 0 radical (unpaired) electrons. The molecule has 3 rings (SSSR count). The molecule has 1 fully saturated rings. The van der Waals surface area contributed by atoms with Crippen LogP contribution in [0.3, 0.4) is 0 Å². The van der Waals surface area contributed by atoms with Crippen molar-refractivity contribution in [3.63, 3.8) is 0 Å². The maximum absolute atomic E-state index is 12.7. The Kier molecular flexibility index (Phi) is 6.47. The summed E-state index contributed by atoms with van der Waals surface area (Å²) in [6.07, 6.45) is 2.87. The first-order valence-electron chi connectivity index (χ1n) is 9.58. The Labute approximate surface area is 181 Å². The van der Waals surface area contributed by atoms with Gasteiger partial charge in [0.25, 0.3) is 17.3 Å². The van der Waals surface area contributed by atoms with E-state index in [4.69, 9.17) is 4.74 Å². The Bertz CT molecular complexity index is 1060. The van der Waals surface area contributed by atoms with Gasteiger partial charge in [0.15, 0.2) is 0 Å². The summed E-state index contributed by atoms with van der Waals surface area (Å²) in [5.74, 6) is -1.37. The lowest BCUT2D eigenvalue weighted by Gasteiger charge is -2.28. The molecule has 2 aromatic carbocycles. The van der Waals surface area contributed by atoms with Gasteiger partial charge in [-0.1, -0.05) is 0 Å². The van der Waals surface area contributed by atoms with Crippen LogP contribution >= 0.6 is 0 Å². The quantitative estimate of drug-likeness (QED) is 0.493. The highest BCUT2D eigenvalue weighted by Crippen LogP contribution is 2.39. The lowest BCUT2D eigenvalue weighted by Crippen LogP contribution is -2.30.